The monoisotopic (exact) mass is 330 g/mol. The molecule has 0 aliphatic heterocycles. The van der Waals surface area contributed by atoms with Crippen LogP contribution in [0.5, 0.6) is 0 Å². The highest BCUT2D eigenvalue weighted by Crippen LogP contribution is 2.06. The molecule has 0 heterocycles. The van der Waals surface area contributed by atoms with Crippen molar-refractivity contribution in [3.63, 3.8) is 0 Å². The van der Waals surface area contributed by atoms with E-state index in [0.717, 1.165) is 12.8 Å². The predicted octanol–water partition coefficient (Wildman–Crippen LogP) is 3.21. The van der Waals surface area contributed by atoms with Crippen molar-refractivity contribution in [1.82, 2.24) is 10.9 Å². The number of carbonyl (C=O) groups is 2. The van der Waals surface area contributed by atoms with Gasteiger partial charge >= 0.3 is 0 Å². The molecule has 2 amide bonds. The Hall–Kier alpha value is -2.50. The van der Waals surface area contributed by atoms with Crippen molar-refractivity contribution in [2.75, 3.05) is 0 Å². The van der Waals surface area contributed by atoms with Crippen LogP contribution in [0, 0.1) is 11.8 Å². The minimum absolute atomic E-state index is 0.297. The minimum atomic E-state index is -0.354. The normalized spacial score (nSPS) is 13.8. The summed E-state index contributed by atoms with van der Waals surface area (Å²) in [5.74, 6) is -0.115. The first kappa shape index (κ1) is 19.5. The van der Waals surface area contributed by atoms with E-state index in [1.165, 1.54) is 6.07 Å². The van der Waals surface area contributed by atoms with E-state index in [2.05, 4.69) is 21.1 Å². The smallest absolute Gasteiger partial charge is 0.267 e. The topological polar surface area (TPSA) is 82.9 Å². The van der Waals surface area contributed by atoms with E-state index in [-0.39, 0.29) is 11.8 Å². The number of hydrazone groups is 2. The fourth-order valence-corrected chi connectivity index (χ4v) is 1.59. The first-order chi connectivity index (χ1) is 11.5. The average molecular weight is 330 g/mol. The molecule has 1 aromatic carbocycles. The second kappa shape index (κ2) is 10.3. The van der Waals surface area contributed by atoms with Gasteiger partial charge in [-0.15, -0.1) is 0 Å². The molecule has 0 bridgehead atoms. The fourth-order valence-electron chi connectivity index (χ4n) is 1.59. The minimum Gasteiger partial charge on any atom is -0.267 e. The molecule has 0 saturated heterocycles. The second-order valence-corrected chi connectivity index (χ2v) is 5.79. The summed E-state index contributed by atoms with van der Waals surface area (Å²) in [6, 6.07) is 6.43. The summed E-state index contributed by atoms with van der Waals surface area (Å²) in [5.41, 5.74) is 5.67. The Morgan fingerprint density at radius 1 is 0.958 bits per heavy atom. The number of carbonyl (C=O) groups excluding carboxylic acids is 2. The number of amides is 2. The number of hydrogen-bond acceptors (Lipinski definition) is 4. The zero-order valence-corrected chi connectivity index (χ0v) is 14.7. The van der Waals surface area contributed by atoms with E-state index < -0.39 is 0 Å². The highest BCUT2D eigenvalue weighted by molar-refractivity contribution is 5.99. The molecule has 1 rings (SSSR count). The number of benzene rings is 1. The van der Waals surface area contributed by atoms with Gasteiger partial charge in [-0.05, 0) is 42.9 Å². The molecule has 0 aromatic heterocycles. The van der Waals surface area contributed by atoms with Gasteiger partial charge in [-0.3, -0.25) is 9.59 Å². The number of nitrogens with one attached hydrogen (secondary N) is 2. The van der Waals surface area contributed by atoms with Gasteiger partial charge in [0.05, 0.1) is 0 Å². The SMILES string of the molecule is CCC(C)/C=N/NC(=O)c1cccc(C(=O)N/N=C/C(C)CC)c1. The van der Waals surface area contributed by atoms with Crippen molar-refractivity contribution in [2.45, 2.75) is 40.5 Å². The zero-order valence-electron chi connectivity index (χ0n) is 14.7. The van der Waals surface area contributed by atoms with Crippen molar-refractivity contribution in [1.29, 1.82) is 0 Å². The van der Waals surface area contributed by atoms with Crippen LogP contribution in [0.1, 0.15) is 61.3 Å². The van der Waals surface area contributed by atoms with Gasteiger partial charge in [0, 0.05) is 23.6 Å². The van der Waals surface area contributed by atoms with Crippen LogP contribution in [-0.2, 0) is 0 Å². The van der Waals surface area contributed by atoms with Gasteiger partial charge in [0.2, 0.25) is 0 Å². The molecule has 130 valence electrons. The molecule has 0 fully saturated rings. The number of nitrogens with zero attached hydrogens (tertiary/aromatic N) is 2. The Morgan fingerprint density at radius 3 is 1.75 bits per heavy atom. The average Bonchev–Trinajstić information content (AvgIpc) is 2.61. The largest absolute Gasteiger partial charge is 0.271 e. The summed E-state index contributed by atoms with van der Waals surface area (Å²) in [6.45, 7) is 8.12. The molecule has 0 aliphatic rings. The molecule has 0 radical (unpaired) electrons. The predicted molar refractivity (Wildman–Crippen MR) is 97.3 cm³/mol. The van der Waals surface area contributed by atoms with E-state index in [0.29, 0.717) is 23.0 Å². The first-order valence-electron chi connectivity index (χ1n) is 8.25. The van der Waals surface area contributed by atoms with Gasteiger partial charge in [-0.2, -0.15) is 10.2 Å². The lowest BCUT2D eigenvalue weighted by atomic mass is 10.1. The van der Waals surface area contributed by atoms with Crippen LogP contribution in [0.15, 0.2) is 34.5 Å². The highest BCUT2D eigenvalue weighted by Gasteiger charge is 2.09. The summed E-state index contributed by atoms with van der Waals surface area (Å²) in [4.78, 5) is 24.1. The summed E-state index contributed by atoms with van der Waals surface area (Å²) >= 11 is 0. The fraction of sp³-hybridized carbons (Fsp3) is 0.444. The van der Waals surface area contributed by atoms with Crippen LogP contribution in [0.4, 0.5) is 0 Å². The lowest BCUT2D eigenvalue weighted by Gasteiger charge is -2.05. The van der Waals surface area contributed by atoms with Crippen LogP contribution in [-0.4, -0.2) is 24.2 Å². The molecule has 2 N–H and O–H groups in total. The van der Waals surface area contributed by atoms with E-state index in [1.54, 1.807) is 30.6 Å². The molecule has 2 atom stereocenters. The zero-order chi connectivity index (χ0) is 17.9. The Labute approximate surface area is 143 Å². The van der Waals surface area contributed by atoms with Crippen LogP contribution in [0.2, 0.25) is 0 Å². The van der Waals surface area contributed by atoms with Crippen molar-refractivity contribution < 1.29 is 9.59 Å². The maximum Gasteiger partial charge on any atom is 0.271 e. The van der Waals surface area contributed by atoms with Crippen molar-refractivity contribution in [3.05, 3.63) is 35.4 Å². The van der Waals surface area contributed by atoms with E-state index in [1.807, 2.05) is 27.7 Å². The maximum absolute atomic E-state index is 12.0. The van der Waals surface area contributed by atoms with Gasteiger partial charge in [0.15, 0.2) is 0 Å². The summed E-state index contributed by atoms with van der Waals surface area (Å²) in [7, 11) is 0. The third-order valence-electron chi connectivity index (χ3n) is 3.67. The van der Waals surface area contributed by atoms with Gasteiger partial charge in [-0.25, -0.2) is 10.9 Å². The molecular weight excluding hydrogens is 304 g/mol. The van der Waals surface area contributed by atoms with Gasteiger partial charge in [-0.1, -0.05) is 33.8 Å². The highest BCUT2D eigenvalue weighted by atomic mass is 16.2. The van der Waals surface area contributed by atoms with Crippen LogP contribution < -0.4 is 10.9 Å². The van der Waals surface area contributed by atoms with Crippen molar-refractivity contribution >= 4 is 24.2 Å². The summed E-state index contributed by atoms with van der Waals surface area (Å²) in [5, 5.41) is 7.85. The van der Waals surface area contributed by atoms with E-state index in [9.17, 15) is 9.59 Å². The maximum atomic E-state index is 12.0. The van der Waals surface area contributed by atoms with Crippen LogP contribution in [0.3, 0.4) is 0 Å². The lowest BCUT2D eigenvalue weighted by Crippen LogP contribution is -2.21. The quantitative estimate of drug-likeness (QED) is 0.567. The van der Waals surface area contributed by atoms with Gasteiger partial charge in [0.25, 0.3) is 11.8 Å². The Morgan fingerprint density at radius 2 is 1.38 bits per heavy atom. The molecule has 2 unspecified atom stereocenters. The third kappa shape index (κ3) is 6.73. The van der Waals surface area contributed by atoms with E-state index >= 15 is 0 Å². The second-order valence-electron chi connectivity index (χ2n) is 5.79. The Bertz CT molecular complexity index is 562. The molecule has 0 spiro atoms. The van der Waals surface area contributed by atoms with Gasteiger partial charge in [0.1, 0.15) is 0 Å². The van der Waals surface area contributed by atoms with Gasteiger partial charge < -0.3 is 0 Å². The summed E-state index contributed by atoms with van der Waals surface area (Å²) < 4.78 is 0. The molecule has 0 aliphatic carbocycles. The summed E-state index contributed by atoms with van der Waals surface area (Å²) in [6.07, 6.45) is 5.29. The molecule has 6 nitrogen and oxygen atoms in total. The van der Waals surface area contributed by atoms with Crippen molar-refractivity contribution in [2.24, 2.45) is 22.0 Å². The molecular formula is C18H26N4O2. The molecule has 0 saturated carbocycles. The molecule has 6 heteroatoms. The third-order valence-corrected chi connectivity index (χ3v) is 3.67. The Balaban J connectivity index is 2.68. The van der Waals surface area contributed by atoms with Crippen LogP contribution >= 0.6 is 0 Å². The van der Waals surface area contributed by atoms with Crippen LogP contribution in [0.25, 0.3) is 0 Å². The molecule has 24 heavy (non-hydrogen) atoms. The standard InChI is InChI=1S/C18H26N4O2/c1-5-13(3)11-19-21-17(23)15-8-7-9-16(10-15)18(24)22-20-12-14(4)6-2/h7-14H,5-6H2,1-4H3,(H,21,23)(H,22,24)/b19-11+,20-12+. The number of rotatable bonds is 8. The Kier molecular flexibility index (Phi) is 8.39. The first-order valence-corrected chi connectivity index (χ1v) is 8.25. The lowest BCUT2D eigenvalue weighted by molar-refractivity contribution is 0.0954. The molecule has 1 aromatic rings. The van der Waals surface area contributed by atoms with E-state index in [4.69, 9.17) is 0 Å². The van der Waals surface area contributed by atoms with Crippen molar-refractivity contribution in [3.8, 4) is 0 Å². The number of hydrogen-bond donors (Lipinski definition) is 2.